The predicted octanol–water partition coefficient (Wildman–Crippen LogP) is 0.975. The molecule has 0 aromatic heterocycles. The van der Waals surface area contributed by atoms with E-state index >= 15 is 0 Å². The first-order chi connectivity index (χ1) is 8.77. The van der Waals surface area contributed by atoms with E-state index in [1.807, 2.05) is 12.1 Å². The molecule has 1 saturated heterocycles. The van der Waals surface area contributed by atoms with Crippen LogP contribution in [0.3, 0.4) is 0 Å². The van der Waals surface area contributed by atoms with Crippen LogP contribution in [0.5, 0.6) is 0 Å². The standard InChI is InChI=1S/C13H18ClN3O/c14-12-4-2-1-3-11(12)13(18)16-7-10-17-8-5-15-6-9-17/h1-4,15H,5-10H2,(H,16,18). The van der Waals surface area contributed by atoms with Crippen LogP contribution in [0.15, 0.2) is 24.3 Å². The molecule has 0 bridgehead atoms. The van der Waals surface area contributed by atoms with Gasteiger partial charge in [0.05, 0.1) is 10.6 Å². The van der Waals surface area contributed by atoms with Crippen LogP contribution in [0.25, 0.3) is 0 Å². The second-order valence-corrected chi connectivity index (χ2v) is 4.73. The normalized spacial score (nSPS) is 16.5. The molecule has 0 radical (unpaired) electrons. The van der Waals surface area contributed by atoms with Gasteiger partial charge in [-0.1, -0.05) is 23.7 Å². The molecule has 0 unspecified atom stereocenters. The van der Waals surface area contributed by atoms with Crippen LogP contribution in [0.1, 0.15) is 10.4 Å². The van der Waals surface area contributed by atoms with Crippen molar-refractivity contribution in [3.63, 3.8) is 0 Å². The third kappa shape index (κ3) is 3.70. The molecule has 1 aliphatic heterocycles. The Balaban J connectivity index is 1.76. The topological polar surface area (TPSA) is 44.4 Å². The molecular formula is C13H18ClN3O. The van der Waals surface area contributed by atoms with E-state index in [9.17, 15) is 4.79 Å². The van der Waals surface area contributed by atoms with Gasteiger partial charge in [0.1, 0.15) is 0 Å². The van der Waals surface area contributed by atoms with Crippen LogP contribution in [0, 0.1) is 0 Å². The Kier molecular flexibility index (Phi) is 4.99. The summed E-state index contributed by atoms with van der Waals surface area (Å²) in [6, 6.07) is 7.10. The summed E-state index contributed by atoms with van der Waals surface area (Å²) in [5.41, 5.74) is 0.541. The van der Waals surface area contributed by atoms with Gasteiger partial charge < -0.3 is 10.6 Å². The van der Waals surface area contributed by atoms with Gasteiger partial charge in [-0.15, -0.1) is 0 Å². The Hall–Kier alpha value is -1.10. The fraction of sp³-hybridized carbons (Fsp3) is 0.462. The van der Waals surface area contributed by atoms with Gasteiger partial charge in [0.15, 0.2) is 0 Å². The summed E-state index contributed by atoms with van der Waals surface area (Å²) in [7, 11) is 0. The maximum absolute atomic E-state index is 11.9. The van der Waals surface area contributed by atoms with E-state index in [0.29, 0.717) is 17.1 Å². The number of carbonyl (C=O) groups is 1. The molecule has 2 rings (SSSR count). The third-order valence-electron chi connectivity index (χ3n) is 3.04. The molecule has 5 heteroatoms. The summed E-state index contributed by atoms with van der Waals surface area (Å²) in [4.78, 5) is 14.2. The SMILES string of the molecule is O=C(NCCN1CCNCC1)c1ccccc1Cl. The van der Waals surface area contributed by atoms with Crippen molar-refractivity contribution in [2.45, 2.75) is 0 Å². The number of nitrogens with one attached hydrogen (secondary N) is 2. The highest BCUT2D eigenvalue weighted by atomic mass is 35.5. The lowest BCUT2D eigenvalue weighted by atomic mass is 10.2. The van der Waals surface area contributed by atoms with Gasteiger partial charge in [0.2, 0.25) is 0 Å². The van der Waals surface area contributed by atoms with E-state index in [1.54, 1.807) is 12.1 Å². The van der Waals surface area contributed by atoms with Crippen LogP contribution in [-0.2, 0) is 0 Å². The maximum atomic E-state index is 11.9. The van der Waals surface area contributed by atoms with Gasteiger partial charge in [-0.2, -0.15) is 0 Å². The molecule has 0 aliphatic carbocycles. The Morgan fingerprint density at radius 1 is 1.33 bits per heavy atom. The molecule has 0 atom stereocenters. The van der Waals surface area contributed by atoms with Crippen LogP contribution in [0.4, 0.5) is 0 Å². The summed E-state index contributed by atoms with van der Waals surface area (Å²) in [6.07, 6.45) is 0. The highest BCUT2D eigenvalue weighted by Gasteiger charge is 2.11. The van der Waals surface area contributed by atoms with E-state index in [1.165, 1.54) is 0 Å². The highest BCUT2D eigenvalue weighted by molar-refractivity contribution is 6.33. The van der Waals surface area contributed by atoms with Crippen molar-refractivity contribution in [2.75, 3.05) is 39.3 Å². The monoisotopic (exact) mass is 267 g/mol. The van der Waals surface area contributed by atoms with Gasteiger partial charge in [-0.25, -0.2) is 0 Å². The summed E-state index contributed by atoms with van der Waals surface area (Å²) in [6.45, 7) is 5.68. The predicted molar refractivity (Wildman–Crippen MR) is 73.1 cm³/mol. The number of nitrogens with zero attached hydrogens (tertiary/aromatic N) is 1. The summed E-state index contributed by atoms with van der Waals surface area (Å²) in [5.74, 6) is -0.101. The van der Waals surface area contributed by atoms with Crippen molar-refractivity contribution < 1.29 is 4.79 Å². The Bertz CT molecular complexity index is 405. The molecule has 0 spiro atoms. The number of hydrogen-bond donors (Lipinski definition) is 2. The number of carbonyl (C=O) groups excluding carboxylic acids is 1. The minimum atomic E-state index is -0.101. The van der Waals surface area contributed by atoms with Crippen molar-refractivity contribution >= 4 is 17.5 Å². The van der Waals surface area contributed by atoms with E-state index in [0.717, 1.165) is 32.7 Å². The highest BCUT2D eigenvalue weighted by Crippen LogP contribution is 2.14. The summed E-state index contributed by atoms with van der Waals surface area (Å²) >= 11 is 5.97. The van der Waals surface area contributed by atoms with E-state index < -0.39 is 0 Å². The Morgan fingerprint density at radius 2 is 2.06 bits per heavy atom. The average Bonchev–Trinajstić information content (AvgIpc) is 2.40. The van der Waals surface area contributed by atoms with Crippen LogP contribution in [0.2, 0.25) is 5.02 Å². The molecule has 1 heterocycles. The Morgan fingerprint density at radius 3 is 2.78 bits per heavy atom. The zero-order valence-electron chi connectivity index (χ0n) is 10.3. The molecule has 1 fully saturated rings. The van der Waals surface area contributed by atoms with Crippen molar-refractivity contribution in [1.29, 1.82) is 0 Å². The first-order valence-corrected chi connectivity index (χ1v) is 6.61. The molecule has 4 nitrogen and oxygen atoms in total. The molecular weight excluding hydrogens is 250 g/mol. The molecule has 18 heavy (non-hydrogen) atoms. The number of rotatable bonds is 4. The van der Waals surface area contributed by atoms with Crippen molar-refractivity contribution in [3.8, 4) is 0 Å². The first kappa shape index (κ1) is 13.3. The van der Waals surface area contributed by atoms with E-state index in [-0.39, 0.29) is 5.91 Å². The van der Waals surface area contributed by atoms with Crippen molar-refractivity contribution in [3.05, 3.63) is 34.9 Å². The quantitative estimate of drug-likeness (QED) is 0.855. The minimum Gasteiger partial charge on any atom is -0.351 e. The maximum Gasteiger partial charge on any atom is 0.252 e. The van der Waals surface area contributed by atoms with Crippen molar-refractivity contribution in [2.24, 2.45) is 0 Å². The van der Waals surface area contributed by atoms with E-state index in [4.69, 9.17) is 11.6 Å². The minimum absolute atomic E-state index is 0.101. The molecule has 1 aliphatic rings. The number of hydrogen-bond acceptors (Lipinski definition) is 3. The number of halogens is 1. The number of piperazine rings is 1. The van der Waals surface area contributed by atoms with Crippen LogP contribution < -0.4 is 10.6 Å². The number of amides is 1. The zero-order valence-corrected chi connectivity index (χ0v) is 11.0. The lowest BCUT2D eigenvalue weighted by Gasteiger charge is -2.27. The van der Waals surface area contributed by atoms with Crippen LogP contribution >= 0.6 is 11.6 Å². The third-order valence-corrected chi connectivity index (χ3v) is 3.37. The second kappa shape index (κ2) is 6.73. The van der Waals surface area contributed by atoms with Crippen molar-refractivity contribution in [1.82, 2.24) is 15.5 Å². The van der Waals surface area contributed by atoms with E-state index in [2.05, 4.69) is 15.5 Å². The Labute approximate surface area is 112 Å². The molecule has 2 N–H and O–H groups in total. The zero-order chi connectivity index (χ0) is 12.8. The number of benzene rings is 1. The molecule has 1 amide bonds. The molecule has 0 saturated carbocycles. The van der Waals surface area contributed by atoms with Gasteiger partial charge >= 0.3 is 0 Å². The second-order valence-electron chi connectivity index (χ2n) is 4.33. The lowest BCUT2D eigenvalue weighted by Crippen LogP contribution is -2.46. The summed E-state index contributed by atoms with van der Waals surface area (Å²) < 4.78 is 0. The molecule has 1 aromatic carbocycles. The fourth-order valence-electron chi connectivity index (χ4n) is 2.00. The van der Waals surface area contributed by atoms with Crippen LogP contribution in [-0.4, -0.2) is 50.1 Å². The van der Waals surface area contributed by atoms with Gasteiger partial charge in [0.25, 0.3) is 5.91 Å². The fourth-order valence-corrected chi connectivity index (χ4v) is 2.22. The molecule has 1 aromatic rings. The average molecular weight is 268 g/mol. The van der Waals surface area contributed by atoms with Gasteiger partial charge in [0, 0.05) is 39.3 Å². The van der Waals surface area contributed by atoms with Gasteiger partial charge in [-0.3, -0.25) is 9.69 Å². The summed E-state index contributed by atoms with van der Waals surface area (Å²) in [5, 5.41) is 6.70. The molecule has 98 valence electrons. The first-order valence-electron chi connectivity index (χ1n) is 6.23. The lowest BCUT2D eigenvalue weighted by molar-refractivity contribution is 0.0947. The largest absolute Gasteiger partial charge is 0.351 e. The smallest absolute Gasteiger partial charge is 0.252 e. The van der Waals surface area contributed by atoms with Gasteiger partial charge in [-0.05, 0) is 12.1 Å².